The van der Waals surface area contributed by atoms with Gasteiger partial charge in [0.05, 0.1) is 0 Å². The summed E-state index contributed by atoms with van der Waals surface area (Å²) < 4.78 is 8.63. The first-order valence-corrected chi connectivity index (χ1v) is 5.25. The van der Waals surface area contributed by atoms with Crippen molar-refractivity contribution in [2.75, 3.05) is 5.32 Å². The summed E-state index contributed by atoms with van der Waals surface area (Å²) in [5.74, 6) is -1.13. The number of ether oxygens (including phenoxy) is 1. The van der Waals surface area contributed by atoms with Gasteiger partial charge >= 0.3 is 12.1 Å². The molecule has 0 aliphatic rings. The van der Waals surface area contributed by atoms with Gasteiger partial charge in [-0.2, -0.15) is 4.37 Å². The number of carboxylic acid groups (broad SMARTS) is 1. The first-order valence-electron chi connectivity index (χ1n) is 4.48. The second kappa shape index (κ2) is 4.48. The molecule has 88 valence electrons. The van der Waals surface area contributed by atoms with Crippen LogP contribution in [-0.2, 0) is 4.74 Å². The fourth-order valence-corrected chi connectivity index (χ4v) is 1.46. The molecule has 6 nitrogen and oxygen atoms in total. The number of carboxylic acids is 1. The summed E-state index contributed by atoms with van der Waals surface area (Å²) in [6.45, 7) is 5.21. The van der Waals surface area contributed by atoms with Crippen molar-refractivity contribution in [3.63, 3.8) is 0 Å². The minimum atomic E-state index is -1.13. The average Bonchev–Trinajstić information content (AvgIpc) is 2.48. The molecule has 16 heavy (non-hydrogen) atoms. The predicted octanol–water partition coefficient (Wildman–Crippen LogP) is 2.19. The van der Waals surface area contributed by atoms with Crippen molar-refractivity contribution < 1.29 is 19.4 Å². The third-order valence-electron chi connectivity index (χ3n) is 1.35. The third-order valence-corrected chi connectivity index (χ3v) is 2.06. The lowest BCUT2D eigenvalue weighted by Crippen LogP contribution is -2.26. The topological polar surface area (TPSA) is 88.5 Å². The quantitative estimate of drug-likeness (QED) is 0.832. The summed E-state index contributed by atoms with van der Waals surface area (Å²) in [5, 5.41) is 11.4. The summed E-state index contributed by atoms with van der Waals surface area (Å²) in [4.78, 5) is 21.8. The highest BCUT2D eigenvalue weighted by molar-refractivity contribution is 7.10. The Morgan fingerprint density at radius 3 is 2.56 bits per heavy atom. The van der Waals surface area contributed by atoms with E-state index in [1.807, 2.05) is 0 Å². The zero-order valence-electron chi connectivity index (χ0n) is 9.10. The minimum Gasteiger partial charge on any atom is -0.476 e. The van der Waals surface area contributed by atoms with E-state index < -0.39 is 17.7 Å². The van der Waals surface area contributed by atoms with E-state index in [0.29, 0.717) is 5.00 Å². The molecular weight excluding hydrogens is 232 g/mol. The van der Waals surface area contributed by atoms with Gasteiger partial charge in [-0.25, -0.2) is 9.59 Å². The standard InChI is InChI=1S/C9H12N2O4S/c1-9(2,3)15-8(14)10-6-4-5(7(12)13)11-16-6/h4H,1-3H3,(H,10,14)(H,12,13). The molecule has 0 saturated carbocycles. The van der Waals surface area contributed by atoms with Crippen LogP contribution in [0.25, 0.3) is 0 Å². The minimum absolute atomic E-state index is 0.101. The lowest BCUT2D eigenvalue weighted by molar-refractivity contribution is 0.0633. The van der Waals surface area contributed by atoms with Gasteiger partial charge in [0.15, 0.2) is 5.69 Å². The largest absolute Gasteiger partial charge is 0.476 e. The molecule has 0 radical (unpaired) electrons. The molecule has 0 spiro atoms. The molecule has 0 saturated heterocycles. The molecule has 2 N–H and O–H groups in total. The maximum Gasteiger partial charge on any atom is 0.412 e. The molecule has 1 rings (SSSR count). The van der Waals surface area contributed by atoms with Crippen LogP contribution >= 0.6 is 11.5 Å². The van der Waals surface area contributed by atoms with Crippen LogP contribution in [0.1, 0.15) is 31.3 Å². The van der Waals surface area contributed by atoms with Gasteiger partial charge in [0.1, 0.15) is 10.6 Å². The molecule has 0 fully saturated rings. The Kier molecular flexibility index (Phi) is 3.48. The molecule has 1 heterocycles. The Morgan fingerprint density at radius 2 is 2.12 bits per heavy atom. The van der Waals surface area contributed by atoms with Gasteiger partial charge in [-0.1, -0.05) is 0 Å². The molecule has 0 aromatic carbocycles. The van der Waals surface area contributed by atoms with E-state index in [4.69, 9.17) is 9.84 Å². The lowest BCUT2D eigenvalue weighted by Gasteiger charge is -2.19. The summed E-state index contributed by atoms with van der Waals surface area (Å²) >= 11 is 0.889. The monoisotopic (exact) mass is 244 g/mol. The van der Waals surface area contributed by atoms with Crippen LogP contribution in [0.5, 0.6) is 0 Å². The van der Waals surface area contributed by atoms with Crippen LogP contribution in [0.15, 0.2) is 6.07 Å². The normalized spacial score (nSPS) is 10.9. The van der Waals surface area contributed by atoms with E-state index in [1.165, 1.54) is 6.07 Å². The summed E-state index contributed by atoms with van der Waals surface area (Å²) in [7, 11) is 0. The van der Waals surface area contributed by atoms with Gasteiger partial charge in [0, 0.05) is 6.07 Å². The number of rotatable bonds is 2. The zero-order chi connectivity index (χ0) is 12.3. The van der Waals surface area contributed by atoms with E-state index >= 15 is 0 Å². The van der Waals surface area contributed by atoms with E-state index in [-0.39, 0.29) is 5.69 Å². The Balaban J connectivity index is 2.60. The molecule has 1 aromatic rings. The fraction of sp³-hybridized carbons (Fsp3) is 0.444. The highest BCUT2D eigenvalue weighted by Gasteiger charge is 2.17. The second-order valence-corrected chi connectivity index (χ2v) is 4.81. The van der Waals surface area contributed by atoms with E-state index in [9.17, 15) is 9.59 Å². The number of aromatic nitrogens is 1. The summed E-state index contributed by atoms with van der Waals surface area (Å²) in [6, 6.07) is 1.27. The van der Waals surface area contributed by atoms with Gasteiger partial charge in [0.25, 0.3) is 0 Å². The van der Waals surface area contributed by atoms with Crippen molar-refractivity contribution in [3.05, 3.63) is 11.8 Å². The van der Waals surface area contributed by atoms with Crippen molar-refractivity contribution in [1.29, 1.82) is 0 Å². The molecular formula is C9H12N2O4S. The maximum atomic E-state index is 11.3. The average molecular weight is 244 g/mol. The van der Waals surface area contributed by atoms with Gasteiger partial charge in [-0.3, -0.25) is 5.32 Å². The number of nitrogens with zero attached hydrogens (tertiary/aromatic N) is 1. The third kappa shape index (κ3) is 3.85. The fourth-order valence-electron chi connectivity index (χ4n) is 0.839. The molecule has 0 unspecified atom stereocenters. The first kappa shape index (κ1) is 12.4. The van der Waals surface area contributed by atoms with Gasteiger partial charge in [-0.05, 0) is 32.3 Å². The van der Waals surface area contributed by atoms with E-state index in [2.05, 4.69) is 9.69 Å². The number of carbonyl (C=O) groups is 2. The number of anilines is 1. The van der Waals surface area contributed by atoms with Gasteiger partial charge < -0.3 is 9.84 Å². The van der Waals surface area contributed by atoms with Crippen molar-refractivity contribution in [2.45, 2.75) is 26.4 Å². The number of aromatic carboxylic acids is 1. The van der Waals surface area contributed by atoms with E-state index in [0.717, 1.165) is 11.5 Å². The molecule has 1 aromatic heterocycles. The predicted molar refractivity (Wildman–Crippen MR) is 58.9 cm³/mol. The number of amides is 1. The van der Waals surface area contributed by atoms with Crippen LogP contribution in [0, 0.1) is 0 Å². The van der Waals surface area contributed by atoms with Crippen molar-refractivity contribution in [2.24, 2.45) is 0 Å². The van der Waals surface area contributed by atoms with Crippen LogP contribution in [0.3, 0.4) is 0 Å². The summed E-state index contributed by atoms with van der Waals surface area (Å²) in [6.07, 6.45) is -0.631. The molecule has 0 aliphatic carbocycles. The number of carbonyl (C=O) groups excluding carboxylic acids is 1. The smallest absolute Gasteiger partial charge is 0.412 e. The Labute approximate surface area is 96.4 Å². The highest BCUT2D eigenvalue weighted by Crippen LogP contribution is 2.17. The van der Waals surface area contributed by atoms with E-state index in [1.54, 1.807) is 20.8 Å². The van der Waals surface area contributed by atoms with Crippen LogP contribution < -0.4 is 5.32 Å². The van der Waals surface area contributed by atoms with Crippen LogP contribution in [-0.4, -0.2) is 27.1 Å². The Morgan fingerprint density at radius 1 is 1.50 bits per heavy atom. The maximum absolute atomic E-state index is 11.3. The van der Waals surface area contributed by atoms with Crippen molar-refractivity contribution >= 4 is 28.6 Å². The SMILES string of the molecule is CC(C)(C)OC(=O)Nc1cc(C(=O)O)ns1. The van der Waals surface area contributed by atoms with Crippen LogP contribution in [0.4, 0.5) is 9.80 Å². The molecule has 7 heteroatoms. The number of nitrogens with one attached hydrogen (secondary N) is 1. The van der Waals surface area contributed by atoms with Crippen LogP contribution in [0.2, 0.25) is 0 Å². The first-order chi connectivity index (χ1) is 7.28. The van der Waals surface area contributed by atoms with Gasteiger partial charge in [0.2, 0.25) is 0 Å². The molecule has 1 amide bonds. The number of hydrogen-bond donors (Lipinski definition) is 2. The molecule has 0 atom stereocenters. The van der Waals surface area contributed by atoms with Crippen molar-refractivity contribution in [1.82, 2.24) is 4.37 Å². The zero-order valence-corrected chi connectivity index (χ0v) is 9.92. The van der Waals surface area contributed by atoms with Gasteiger partial charge in [-0.15, -0.1) is 0 Å². The summed E-state index contributed by atoms with van der Waals surface area (Å²) in [5.41, 5.74) is -0.694. The Hall–Kier alpha value is -1.63. The highest BCUT2D eigenvalue weighted by atomic mass is 32.1. The van der Waals surface area contributed by atoms with Crippen molar-refractivity contribution in [3.8, 4) is 0 Å². The lowest BCUT2D eigenvalue weighted by atomic mass is 10.2. The molecule has 0 bridgehead atoms. The number of hydrogen-bond acceptors (Lipinski definition) is 5. The Bertz CT molecular complexity index is 408. The molecule has 0 aliphatic heterocycles. The second-order valence-electron chi connectivity index (χ2n) is 4.01.